The Hall–Kier alpha value is -1.55. The molecule has 0 spiro atoms. The summed E-state index contributed by atoms with van der Waals surface area (Å²) >= 11 is 0. The van der Waals surface area contributed by atoms with E-state index in [0.29, 0.717) is 17.7 Å². The molecule has 4 heteroatoms. The molecular formula is C15H23NO3. The van der Waals surface area contributed by atoms with Crippen LogP contribution in [0.5, 0.6) is 5.75 Å². The maximum atomic E-state index is 11.2. The summed E-state index contributed by atoms with van der Waals surface area (Å²) in [4.78, 5) is 13.4. The molecule has 106 valence electrons. The summed E-state index contributed by atoms with van der Waals surface area (Å²) in [6, 6.07) is 5.75. The van der Waals surface area contributed by atoms with Crippen molar-refractivity contribution in [2.45, 2.75) is 33.4 Å². The zero-order valence-corrected chi connectivity index (χ0v) is 12.3. The quantitative estimate of drug-likeness (QED) is 0.859. The van der Waals surface area contributed by atoms with Crippen LogP contribution in [0.1, 0.15) is 36.7 Å². The van der Waals surface area contributed by atoms with Crippen LogP contribution < -0.4 is 4.74 Å². The van der Waals surface area contributed by atoms with Crippen LogP contribution in [0.4, 0.5) is 0 Å². The van der Waals surface area contributed by atoms with Gasteiger partial charge in [-0.15, -0.1) is 0 Å². The number of nitrogens with zero attached hydrogens (tertiary/aromatic N) is 1. The van der Waals surface area contributed by atoms with Crippen molar-refractivity contribution in [3.8, 4) is 5.75 Å². The van der Waals surface area contributed by atoms with E-state index in [4.69, 9.17) is 9.84 Å². The first-order valence-electron chi connectivity index (χ1n) is 6.47. The van der Waals surface area contributed by atoms with Gasteiger partial charge in [-0.1, -0.05) is 19.9 Å². The van der Waals surface area contributed by atoms with Crippen molar-refractivity contribution in [1.29, 1.82) is 0 Å². The average molecular weight is 265 g/mol. The van der Waals surface area contributed by atoms with Crippen molar-refractivity contribution in [1.82, 2.24) is 4.90 Å². The fourth-order valence-corrected chi connectivity index (χ4v) is 1.96. The Labute approximate surface area is 115 Å². The second-order valence-electron chi connectivity index (χ2n) is 5.24. The van der Waals surface area contributed by atoms with Gasteiger partial charge in [-0.25, -0.2) is 4.79 Å². The third kappa shape index (κ3) is 3.96. The number of carboxylic acid groups (broad SMARTS) is 1. The van der Waals surface area contributed by atoms with Crippen molar-refractivity contribution in [3.05, 3.63) is 29.3 Å². The molecule has 0 fully saturated rings. The summed E-state index contributed by atoms with van der Waals surface area (Å²) < 4.78 is 5.06. The highest BCUT2D eigenvalue weighted by atomic mass is 16.5. The molecule has 0 saturated heterocycles. The van der Waals surface area contributed by atoms with Gasteiger partial charge in [0.25, 0.3) is 0 Å². The number of carbonyl (C=O) groups is 1. The molecule has 19 heavy (non-hydrogen) atoms. The van der Waals surface area contributed by atoms with Crippen molar-refractivity contribution in [2.24, 2.45) is 5.92 Å². The summed E-state index contributed by atoms with van der Waals surface area (Å²) in [5.74, 6) is -0.00346. The molecule has 0 saturated carbocycles. The number of hydrogen-bond acceptors (Lipinski definition) is 3. The standard InChI is InChI=1S/C15H23NO3/c1-10(2)11(3)16(4)9-12-6-7-14(19-5)13(8-12)15(17)18/h6-8,10-11H,9H2,1-5H3,(H,17,18). The summed E-state index contributed by atoms with van der Waals surface area (Å²) in [5, 5.41) is 9.16. The lowest BCUT2D eigenvalue weighted by Gasteiger charge is -2.28. The zero-order valence-electron chi connectivity index (χ0n) is 12.3. The van der Waals surface area contributed by atoms with Gasteiger partial charge in [-0.05, 0) is 37.6 Å². The Morgan fingerprint density at radius 1 is 1.37 bits per heavy atom. The molecule has 0 bridgehead atoms. The number of hydrogen-bond donors (Lipinski definition) is 1. The Morgan fingerprint density at radius 2 is 2.00 bits per heavy atom. The largest absolute Gasteiger partial charge is 0.496 e. The molecule has 1 unspecified atom stereocenters. The summed E-state index contributed by atoms with van der Waals surface area (Å²) in [6.07, 6.45) is 0. The highest BCUT2D eigenvalue weighted by molar-refractivity contribution is 5.91. The topological polar surface area (TPSA) is 49.8 Å². The van der Waals surface area contributed by atoms with Crippen LogP contribution in [0.2, 0.25) is 0 Å². The monoisotopic (exact) mass is 265 g/mol. The lowest BCUT2D eigenvalue weighted by atomic mass is 10.0. The number of aromatic carboxylic acids is 1. The fraction of sp³-hybridized carbons (Fsp3) is 0.533. The molecule has 0 aliphatic carbocycles. The first-order chi connectivity index (χ1) is 8.86. The van der Waals surface area contributed by atoms with E-state index in [-0.39, 0.29) is 5.56 Å². The molecule has 1 aromatic carbocycles. The third-order valence-electron chi connectivity index (χ3n) is 3.59. The molecule has 4 nitrogen and oxygen atoms in total. The molecule has 0 aromatic heterocycles. The van der Waals surface area contributed by atoms with Crippen molar-refractivity contribution in [2.75, 3.05) is 14.2 Å². The second-order valence-corrected chi connectivity index (χ2v) is 5.24. The number of benzene rings is 1. The minimum absolute atomic E-state index is 0.214. The number of methoxy groups -OCH3 is 1. The molecule has 1 N–H and O–H groups in total. The maximum absolute atomic E-state index is 11.2. The highest BCUT2D eigenvalue weighted by Crippen LogP contribution is 2.21. The third-order valence-corrected chi connectivity index (χ3v) is 3.59. The summed E-state index contributed by atoms with van der Waals surface area (Å²) in [7, 11) is 3.53. The number of ether oxygens (including phenoxy) is 1. The van der Waals surface area contributed by atoms with Crippen LogP contribution >= 0.6 is 0 Å². The van der Waals surface area contributed by atoms with E-state index in [1.807, 2.05) is 6.07 Å². The minimum Gasteiger partial charge on any atom is -0.496 e. The SMILES string of the molecule is COc1ccc(CN(C)C(C)C(C)C)cc1C(=O)O. The summed E-state index contributed by atoms with van der Waals surface area (Å²) in [5.41, 5.74) is 1.19. The Balaban J connectivity index is 2.91. The van der Waals surface area contributed by atoms with Gasteiger partial charge in [0.2, 0.25) is 0 Å². The second kappa shape index (κ2) is 6.57. The average Bonchev–Trinajstić information content (AvgIpc) is 2.37. The van der Waals surface area contributed by atoms with Gasteiger partial charge >= 0.3 is 5.97 Å². The predicted molar refractivity (Wildman–Crippen MR) is 75.7 cm³/mol. The van der Waals surface area contributed by atoms with Crippen LogP contribution in [0.25, 0.3) is 0 Å². The lowest BCUT2D eigenvalue weighted by Crippen LogP contribution is -2.32. The molecule has 0 amide bonds. The van der Waals surface area contributed by atoms with Gasteiger partial charge in [-0.2, -0.15) is 0 Å². The normalized spacial score (nSPS) is 12.8. The van der Waals surface area contributed by atoms with Crippen LogP contribution in [0.3, 0.4) is 0 Å². The van der Waals surface area contributed by atoms with Crippen LogP contribution in [0, 0.1) is 5.92 Å². The van der Waals surface area contributed by atoms with E-state index in [9.17, 15) is 4.79 Å². The molecule has 1 atom stereocenters. The van der Waals surface area contributed by atoms with Gasteiger partial charge < -0.3 is 9.84 Å². The van der Waals surface area contributed by atoms with Crippen molar-refractivity contribution in [3.63, 3.8) is 0 Å². The van der Waals surface area contributed by atoms with Crippen LogP contribution in [0.15, 0.2) is 18.2 Å². The van der Waals surface area contributed by atoms with Crippen molar-refractivity contribution >= 4 is 5.97 Å². The van der Waals surface area contributed by atoms with E-state index in [1.165, 1.54) is 7.11 Å². The van der Waals surface area contributed by atoms with Gasteiger partial charge in [-0.3, -0.25) is 4.90 Å². The lowest BCUT2D eigenvalue weighted by molar-refractivity contribution is 0.0693. The van der Waals surface area contributed by atoms with Gasteiger partial charge in [0.1, 0.15) is 11.3 Å². The Kier molecular flexibility index (Phi) is 5.36. The molecule has 0 radical (unpaired) electrons. The number of carboxylic acids is 1. The van der Waals surface area contributed by atoms with E-state index in [0.717, 1.165) is 12.1 Å². The molecule has 1 aromatic rings. The van der Waals surface area contributed by atoms with Crippen LogP contribution in [-0.2, 0) is 6.54 Å². The highest BCUT2D eigenvalue weighted by Gasteiger charge is 2.16. The molecule has 0 aliphatic heterocycles. The van der Waals surface area contributed by atoms with E-state index in [1.54, 1.807) is 12.1 Å². The predicted octanol–water partition coefficient (Wildman–Crippen LogP) is 2.87. The zero-order chi connectivity index (χ0) is 14.6. The van der Waals surface area contributed by atoms with Gasteiger partial charge in [0.15, 0.2) is 0 Å². The Morgan fingerprint density at radius 3 is 2.47 bits per heavy atom. The minimum atomic E-state index is -0.960. The maximum Gasteiger partial charge on any atom is 0.339 e. The molecule has 0 heterocycles. The first-order valence-corrected chi connectivity index (χ1v) is 6.47. The van der Waals surface area contributed by atoms with E-state index in [2.05, 4.69) is 32.7 Å². The Bertz CT molecular complexity index is 443. The van der Waals surface area contributed by atoms with Gasteiger partial charge in [0.05, 0.1) is 7.11 Å². The van der Waals surface area contributed by atoms with E-state index >= 15 is 0 Å². The summed E-state index contributed by atoms with van der Waals surface area (Å²) in [6.45, 7) is 7.26. The molecule has 0 aliphatic rings. The van der Waals surface area contributed by atoms with Gasteiger partial charge in [0, 0.05) is 12.6 Å². The molecular weight excluding hydrogens is 242 g/mol. The number of rotatable bonds is 6. The molecule has 1 rings (SSSR count). The van der Waals surface area contributed by atoms with Crippen molar-refractivity contribution < 1.29 is 14.6 Å². The fourth-order valence-electron chi connectivity index (χ4n) is 1.96. The van der Waals surface area contributed by atoms with E-state index < -0.39 is 5.97 Å². The smallest absolute Gasteiger partial charge is 0.339 e. The first kappa shape index (κ1) is 15.5. The van der Waals surface area contributed by atoms with Crippen LogP contribution in [-0.4, -0.2) is 36.2 Å².